The van der Waals surface area contributed by atoms with Crippen molar-refractivity contribution in [2.75, 3.05) is 13.6 Å². The van der Waals surface area contributed by atoms with Crippen LogP contribution in [0.1, 0.15) is 57.2 Å². The number of hydrogen-bond acceptors (Lipinski definition) is 5. The summed E-state index contributed by atoms with van der Waals surface area (Å²) in [5.41, 5.74) is -0.0724. The summed E-state index contributed by atoms with van der Waals surface area (Å²) < 4.78 is 5.30. The fourth-order valence-corrected chi connectivity index (χ4v) is 5.71. The fourth-order valence-electron chi connectivity index (χ4n) is 5.71. The lowest BCUT2D eigenvalue weighted by Crippen LogP contribution is -2.53. The third kappa shape index (κ3) is 3.46. The van der Waals surface area contributed by atoms with Crippen molar-refractivity contribution in [1.82, 2.24) is 20.8 Å². The van der Waals surface area contributed by atoms with Crippen molar-refractivity contribution in [2.45, 2.75) is 64.3 Å². The van der Waals surface area contributed by atoms with Crippen LogP contribution in [0.25, 0.3) is 0 Å². The number of carbonyl (C=O) groups is 1. The van der Waals surface area contributed by atoms with Gasteiger partial charge in [0, 0.05) is 30.8 Å². The molecule has 1 aromatic heterocycles. The van der Waals surface area contributed by atoms with Crippen LogP contribution in [-0.2, 0) is 17.6 Å². The van der Waals surface area contributed by atoms with Gasteiger partial charge >= 0.3 is 0 Å². The molecule has 6 heteroatoms. The zero-order chi connectivity index (χ0) is 17.4. The predicted octanol–water partition coefficient (Wildman–Crippen LogP) is 2.10. The van der Waals surface area contributed by atoms with E-state index >= 15 is 0 Å². The van der Waals surface area contributed by atoms with E-state index in [9.17, 15) is 4.79 Å². The highest BCUT2D eigenvalue weighted by Crippen LogP contribution is 2.60. The number of hydrogen-bond donors (Lipinski definition) is 2. The highest BCUT2D eigenvalue weighted by molar-refractivity contribution is 5.83. The first kappa shape index (κ1) is 17.0. The molecular weight excluding hydrogens is 316 g/mol. The van der Waals surface area contributed by atoms with Gasteiger partial charge in [0.25, 0.3) is 0 Å². The minimum Gasteiger partial charge on any atom is -0.355 e. The second-order valence-corrected chi connectivity index (χ2v) is 8.70. The number of nitrogens with one attached hydrogen (secondary N) is 2. The van der Waals surface area contributed by atoms with E-state index in [-0.39, 0.29) is 11.3 Å². The maximum absolute atomic E-state index is 12.9. The fraction of sp³-hybridized carbons (Fsp3) is 0.842. The molecule has 6 nitrogen and oxygen atoms in total. The van der Waals surface area contributed by atoms with Gasteiger partial charge in [0.2, 0.25) is 11.8 Å². The topological polar surface area (TPSA) is 80.0 Å². The smallest absolute Gasteiger partial charge is 0.228 e. The Morgan fingerprint density at radius 3 is 2.48 bits per heavy atom. The molecular formula is C19H30N4O2. The molecule has 1 unspecified atom stereocenters. The van der Waals surface area contributed by atoms with E-state index in [1.165, 1.54) is 19.3 Å². The number of nitrogens with zero attached hydrogens (tertiary/aromatic N) is 2. The lowest BCUT2D eigenvalue weighted by molar-refractivity contribution is -0.146. The molecule has 1 aromatic rings. The number of rotatable bonds is 7. The van der Waals surface area contributed by atoms with Gasteiger partial charge in [-0.15, -0.1) is 0 Å². The van der Waals surface area contributed by atoms with Crippen molar-refractivity contribution in [3.8, 4) is 0 Å². The minimum absolute atomic E-state index is 0.0724. The van der Waals surface area contributed by atoms with Crippen LogP contribution in [0.5, 0.6) is 0 Å². The van der Waals surface area contributed by atoms with Crippen molar-refractivity contribution in [3.63, 3.8) is 0 Å². The molecule has 1 heterocycles. The Labute approximate surface area is 149 Å². The number of likely N-dealkylation sites (N-methyl/N-ethyl adjacent to an activating group) is 1. The molecule has 1 atom stereocenters. The molecule has 0 radical (unpaired) electrons. The van der Waals surface area contributed by atoms with Crippen LogP contribution in [0.2, 0.25) is 0 Å². The molecule has 4 bridgehead atoms. The SMILES string of the molecule is CNC(C)Cc1noc(CCNC(=O)C23CC4CC(CC(C4)C2)C3)n1. The summed E-state index contributed by atoms with van der Waals surface area (Å²) >= 11 is 0. The van der Waals surface area contributed by atoms with Crippen LogP contribution in [0.15, 0.2) is 4.52 Å². The Kier molecular flexibility index (Phi) is 4.56. The predicted molar refractivity (Wildman–Crippen MR) is 93.8 cm³/mol. The Morgan fingerprint density at radius 1 is 1.24 bits per heavy atom. The zero-order valence-electron chi connectivity index (χ0n) is 15.4. The molecule has 4 aliphatic carbocycles. The maximum atomic E-state index is 12.9. The van der Waals surface area contributed by atoms with Crippen molar-refractivity contribution in [3.05, 3.63) is 11.7 Å². The van der Waals surface area contributed by atoms with Gasteiger partial charge < -0.3 is 15.2 Å². The summed E-state index contributed by atoms with van der Waals surface area (Å²) in [6.07, 6.45) is 8.78. The molecule has 5 rings (SSSR count). The van der Waals surface area contributed by atoms with E-state index in [1.54, 1.807) is 0 Å². The average molecular weight is 346 g/mol. The standard InChI is InChI=1S/C19H30N4O2/c1-12(20-2)5-16-22-17(25-23-16)3-4-21-18(24)19-9-13-6-14(10-19)8-15(7-13)11-19/h12-15,20H,3-11H2,1-2H3,(H,21,24). The van der Waals surface area contributed by atoms with E-state index in [2.05, 4.69) is 27.7 Å². The van der Waals surface area contributed by atoms with Crippen LogP contribution in [0.4, 0.5) is 0 Å². The monoisotopic (exact) mass is 346 g/mol. The summed E-state index contributed by atoms with van der Waals surface area (Å²) in [7, 11) is 1.92. The van der Waals surface area contributed by atoms with Gasteiger partial charge in [-0.25, -0.2) is 0 Å². The van der Waals surface area contributed by atoms with Gasteiger partial charge in [-0.1, -0.05) is 5.16 Å². The van der Waals surface area contributed by atoms with Crippen LogP contribution in [0.3, 0.4) is 0 Å². The molecule has 0 saturated heterocycles. The normalized spacial score (nSPS) is 34.2. The Bertz CT molecular complexity index is 591. The lowest BCUT2D eigenvalue weighted by atomic mass is 9.49. The Hall–Kier alpha value is -1.43. The molecule has 25 heavy (non-hydrogen) atoms. The first-order valence-corrected chi connectivity index (χ1v) is 9.83. The summed E-state index contributed by atoms with van der Waals surface area (Å²) in [6.45, 7) is 2.67. The third-order valence-corrected chi connectivity index (χ3v) is 6.64. The first-order chi connectivity index (χ1) is 12.1. The molecule has 0 spiro atoms. The second-order valence-electron chi connectivity index (χ2n) is 8.70. The van der Waals surface area contributed by atoms with Gasteiger partial charge in [-0.05, 0) is 70.3 Å². The van der Waals surface area contributed by atoms with Crippen molar-refractivity contribution in [2.24, 2.45) is 23.2 Å². The van der Waals surface area contributed by atoms with Gasteiger partial charge in [0.1, 0.15) is 0 Å². The highest BCUT2D eigenvalue weighted by atomic mass is 16.5. The molecule has 4 fully saturated rings. The number of carbonyl (C=O) groups excluding carboxylic acids is 1. The first-order valence-electron chi connectivity index (χ1n) is 9.83. The minimum atomic E-state index is -0.0724. The molecule has 0 aliphatic heterocycles. The van der Waals surface area contributed by atoms with Crippen LogP contribution in [0, 0.1) is 23.2 Å². The van der Waals surface area contributed by atoms with E-state index in [1.807, 2.05) is 7.05 Å². The summed E-state index contributed by atoms with van der Waals surface area (Å²) in [5, 5.41) is 10.4. The van der Waals surface area contributed by atoms with Crippen LogP contribution >= 0.6 is 0 Å². The Balaban J connectivity index is 1.28. The molecule has 4 saturated carbocycles. The van der Waals surface area contributed by atoms with E-state index in [0.717, 1.165) is 49.3 Å². The molecule has 138 valence electrons. The van der Waals surface area contributed by atoms with E-state index in [4.69, 9.17) is 4.52 Å². The number of amides is 1. The third-order valence-electron chi connectivity index (χ3n) is 6.64. The van der Waals surface area contributed by atoms with Gasteiger partial charge in [0.15, 0.2) is 5.82 Å². The Morgan fingerprint density at radius 2 is 1.88 bits per heavy atom. The van der Waals surface area contributed by atoms with Crippen molar-refractivity contribution < 1.29 is 9.32 Å². The van der Waals surface area contributed by atoms with Gasteiger partial charge in [-0.2, -0.15) is 4.98 Å². The largest absolute Gasteiger partial charge is 0.355 e. The maximum Gasteiger partial charge on any atom is 0.228 e. The molecule has 2 N–H and O–H groups in total. The molecule has 0 aromatic carbocycles. The quantitative estimate of drug-likeness (QED) is 0.790. The summed E-state index contributed by atoms with van der Waals surface area (Å²) in [5.74, 6) is 4.00. The highest BCUT2D eigenvalue weighted by Gasteiger charge is 2.54. The summed E-state index contributed by atoms with van der Waals surface area (Å²) in [6, 6.07) is 0.321. The lowest BCUT2D eigenvalue weighted by Gasteiger charge is -2.55. The van der Waals surface area contributed by atoms with Gasteiger partial charge in [-0.3, -0.25) is 4.79 Å². The van der Waals surface area contributed by atoms with Gasteiger partial charge in [0.05, 0.1) is 0 Å². The second kappa shape index (κ2) is 6.71. The van der Waals surface area contributed by atoms with Crippen molar-refractivity contribution >= 4 is 5.91 Å². The number of aromatic nitrogens is 2. The zero-order valence-corrected chi connectivity index (χ0v) is 15.4. The van der Waals surface area contributed by atoms with E-state index in [0.29, 0.717) is 24.9 Å². The van der Waals surface area contributed by atoms with Crippen molar-refractivity contribution in [1.29, 1.82) is 0 Å². The average Bonchev–Trinajstić information content (AvgIpc) is 3.00. The summed E-state index contributed by atoms with van der Waals surface area (Å²) in [4.78, 5) is 17.3. The van der Waals surface area contributed by atoms with Crippen LogP contribution in [-0.4, -0.2) is 35.7 Å². The molecule has 1 amide bonds. The van der Waals surface area contributed by atoms with E-state index < -0.39 is 0 Å². The van der Waals surface area contributed by atoms with Crippen LogP contribution < -0.4 is 10.6 Å². The molecule has 4 aliphatic rings.